The maximum Gasteiger partial charge on any atom is 0.254 e. The van der Waals surface area contributed by atoms with Gasteiger partial charge in [-0.15, -0.1) is 0 Å². The molecule has 0 atom stereocenters. The zero-order valence-electron chi connectivity index (χ0n) is 12.6. The molecular weight excluding hydrogens is 264 g/mol. The molecule has 110 valence electrons. The number of anilines is 1. The molecular formula is C16H20N4O. The average Bonchev–Trinajstić information content (AvgIpc) is 2.47. The zero-order chi connectivity index (χ0) is 15.2. The molecule has 1 amide bonds. The standard InChI is InChI=1S/C16H20N4O/c1-4-18-15-10-14(9-12(2)19-15)16(21)20(3)11-13-5-7-17-8-6-13/h5-10H,4,11H2,1-3H3,(H,18,19). The van der Waals surface area contributed by atoms with Crippen LogP contribution in [0.5, 0.6) is 0 Å². The molecule has 2 heterocycles. The lowest BCUT2D eigenvalue weighted by Gasteiger charge is -2.18. The van der Waals surface area contributed by atoms with Crippen molar-refractivity contribution < 1.29 is 4.79 Å². The zero-order valence-corrected chi connectivity index (χ0v) is 12.6. The van der Waals surface area contributed by atoms with E-state index in [2.05, 4.69) is 15.3 Å². The number of hydrogen-bond donors (Lipinski definition) is 1. The number of carbonyl (C=O) groups excluding carboxylic acids is 1. The van der Waals surface area contributed by atoms with Crippen LogP contribution in [0.25, 0.3) is 0 Å². The lowest BCUT2D eigenvalue weighted by atomic mass is 10.2. The Morgan fingerprint density at radius 2 is 2.00 bits per heavy atom. The molecule has 0 unspecified atom stereocenters. The monoisotopic (exact) mass is 284 g/mol. The maximum atomic E-state index is 12.5. The molecule has 1 N–H and O–H groups in total. The quantitative estimate of drug-likeness (QED) is 0.916. The van der Waals surface area contributed by atoms with Crippen molar-refractivity contribution in [2.75, 3.05) is 18.9 Å². The van der Waals surface area contributed by atoms with Gasteiger partial charge < -0.3 is 10.2 Å². The molecule has 0 bridgehead atoms. The Balaban J connectivity index is 2.15. The minimum absolute atomic E-state index is 0.0172. The van der Waals surface area contributed by atoms with Crippen molar-refractivity contribution >= 4 is 11.7 Å². The molecule has 2 aromatic heterocycles. The van der Waals surface area contributed by atoms with Crippen molar-refractivity contribution in [3.05, 3.63) is 53.5 Å². The van der Waals surface area contributed by atoms with E-state index in [1.165, 1.54) is 0 Å². The molecule has 2 aromatic rings. The third-order valence-corrected chi connectivity index (χ3v) is 3.07. The number of hydrogen-bond acceptors (Lipinski definition) is 4. The van der Waals surface area contributed by atoms with Gasteiger partial charge in [-0.2, -0.15) is 0 Å². The smallest absolute Gasteiger partial charge is 0.254 e. The van der Waals surface area contributed by atoms with E-state index < -0.39 is 0 Å². The number of pyridine rings is 2. The maximum absolute atomic E-state index is 12.5. The Labute approximate surface area is 125 Å². The van der Waals surface area contributed by atoms with Crippen LogP contribution in [0.4, 0.5) is 5.82 Å². The Kier molecular flexibility index (Phi) is 4.87. The highest BCUT2D eigenvalue weighted by molar-refractivity contribution is 5.94. The second-order valence-corrected chi connectivity index (χ2v) is 4.93. The number of aromatic nitrogens is 2. The van der Waals surface area contributed by atoms with Gasteiger partial charge in [-0.1, -0.05) is 0 Å². The van der Waals surface area contributed by atoms with Crippen molar-refractivity contribution in [1.82, 2.24) is 14.9 Å². The number of nitrogens with one attached hydrogen (secondary N) is 1. The van der Waals surface area contributed by atoms with Gasteiger partial charge in [0.25, 0.3) is 5.91 Å². The van der Waals surface area contributed by atoms with Gasteiger partial charge in [0.15, 0.2) is 0 Å². The molecule has 0 saturated heterocycles. The molecule has 21 heavy (non-hydrogen) atoms. The number of aryl methyl sites for hydroxylation is 1. The van der Waals surface area contributed by atoms with E-state index in [1.807, 2.05) is 32.0 Å². The second-order valence-electron chi connectivity index (χ2n) is 4.93. The summed E-state index contributed by atoms with van der Waals surface area (Å²) in [5.74, 6) is 0.717. The van der Waals surface area contributed by atoms with Crippen molar-refractivity contribution in [3.8, 4) is 0 Å². The van der Waals surface area contributed by atoms with Crippen LogP contribution in [-0.4, -0.2) is 34.4 Å². The summed E-state index contributed by atoms with van der Waals surface area (Å²) in [5.41, 5.74) is 2.53. The van der Waals surface area contributed by atoms with E-state index in [4.69, 9.17) is 0 Å². The predicted octanol–water partition coefficient (Wildman–Crippen LogP) is 2.49. The second kappa shape index (κ2) is 6.83. The molecule has 5 heteroatoms. The molecule has 0 aliphatic heterocycles. The number of amides is 1. The van der Waals surface area contributed by atoms with Gasteiger partial charge in [-0.05, 0) is 43.7 Å². The Morgan fingerprint density at radius 3 is 2.67 bits per heavy atom. The summed E-state index contributed by atoms with van der Waals surface area (Å²) in [6.07, 6.45) is 3.46. The summed E-state index contributed by atoms with van der Waals surface area (Å²) in [5, 5.41) is 3.14. The van der Waals surface area contributed by atoms with Gasteiger partial charge in [-0.25, -0.2) is 4.98 Å². The van der Waals surface area contributed by atoms with Gasteiger partial charge in [0, 0.05) is 43.8 Å². The highest BCUT2D eigenvalue weighted by Crippen LogP contribution is 2.13. The molecule has 5 nitrogen and oxygen atoms in total. The van der Waals surface area contributed by atoms with E-state index in [0.717, 1.165) is 23.6 Å². The summed E-state index contributed by atoms with van der Waals surface area (Å²) in [7, 11) is 1.80. The van der Waals surface area contributed by atoms with Crippen LogP contribution in [0.15, 0.2) is 36.7 Å². The van der Waals surface area contributed by atoms with Crippen LogP contribution in [0, 0.1) is 6.92 Å². The average molecular weight is 284 g/mol. The number of carbonyl (C=O) groups is 1. The van der Waals surface area contributed by atoms with Gasteiger partial charge >= 0.3 is 0 Å². The first kappa shape index (κ1) is 15.0. The fourth-order valence-corrected chi connectivity index (χ4v) is 2.12. The van der Waals surface area contributed by atoms with E-state index in [9.17, 15) is 4.79 Å². The molecule has 0 aromatic carbocycles. The van der Waals surface area contributed by atoms with Crippen LogP contribution in [0.1, 0.15) is 28.5 Å². The summed E-state index contributed by atoms with van der Waals surface area (Å²) in [6, 6.07) is 7.42. The van der Waals surface area contributed by atoms with Gasteiger partial charge in [-0.3, -0.25) is 9.78 Å². The third kappa shape index (κ3) is 4.02. The van der Waals surface area contributed by atoms with Crippen molar-refractivity contribution in [3.63, 3.8) is 0 Å². The first-order chi connectivity index (χ1) is 10.1. The number of rotatable bonds is 5. The topological polar surface area (TPSA) is 58.1 Å². The molecule has 0 spiro atoms. The first-order valence-corrected chi connectivity index (χ1v) is 6.97. The highest BCUT2D eigenvalue weighted by atomic mass is 16.2. The first-order valence-electron chi connectivity index (χ1n) is 6.97. The normalized spacial score (nSPS) is 10.2. The Hall–Kier alpha value is -2.43. The van der Waals surface area contributed by atoms with Gasteiger partial charge in [0.05, 0.1) is 0 Å². The van der Waals surface area contributed by atoms with Crippen molar-refractivity contribution in [2.45, 2.75) is 20.4 Å². The van der Waals surface area contributed by atoms with Crippen LogP contribution in [0.3, 0.4) is 0 Å². The van der Waals surface area contributed by atoms with Crippen LogP contribution in [0.2, 0.25) is 0 Å². The third-order valence-electron chi connectivity index (χ3n) is 3.07. The largest absolute Gasteiger partial charge is 0.370 e. The Morgan fingerprint density at radius 1 is 1.29 bits per heavy atom. The van der Waals surface area contributed by atoms with Crippen LogP contribution in [-0.2, 0) is 6.54 Å². The summed E-state index contributed by atoms with van der Waals surface area (Å²) >= 11 is 0. The Bertz CT molecular complexity index is 613. The molecule has 0 aliphatic rings. The molecule has 0 saturated carbocycles. The minimum Gasteiger partial charge on any atom is -0.370 e. The van der Waals surface area contributed by atoms with Gasteiger partial charge in [0.1, 0.15) is 5.82 Å². The fraction of sp³-hybridized carbons (Fsp3) is 0.312. The summed E-state index contributed by atoms with van der Waals surface area (Å²) in [4.78, 5) is 22.5. The molecule has 2 rings (SSSR count). The van der Waals surface area contributed by atoms with E-state index in [1.54, 1.807) is 30.4 Å². The lowest BCUT2D eigenvalue weighted by Crippen LogP contribution is -2.26. The van der Waals surface area contributed by atoms with Crippen LogP contribution < -0.4 is 5.32 Å². The lowest BCUT2D eigenvalue weighted by molar-refractivity contribution is 0.0785. The fourth-order valence-electron chi connectivity index (χ4n) is 2.12. The van der Waals surface area contributed by atoms with Crippen LogP contribution >= 0.6 is 0 Å². The minimum atomic E-state index is -0.0172. The SMILES string of the molecule is CCNc1cc(C(=O)N(C)Cc2ccncc2)cc(C)n1. The van der Waals surface area contributed by atoms with Gasteiger partial charge in [0.2, 0.25) is 0 Å². The molecule has 0 fully saturated rings. The summed E-state index contributed by atoms with van der Waals surface area (Å²) in [6.45, 7) is 5.22. The summed E-state index contributed by atoms with van der Waals surface area (Å²) < 4.78 is 0. The van der Waals surface area contributed by atoms with Crippen molar-refractivity contribution in [1.29, 1.82) is 0 Å². The van der Waals surface area contributed by atoms with E-state index >= 15 is 0 Å². The molecule has 0 aliphatic carbocycles. The van der Waals surface area contributed by atoms with E-state index in [-0.39, 0.29) is 5.91 Å². The molecule has 0 radical (unpaired) electrons. The van der Waals surface area contributed by atoms with E-state index in [0.29, 0.717) is 12.1 Å². The highest BCUT2D eigenvalue weighted by Gasteiger charge is 2.13. The van der Waals surface area contributed by atoms with Crippen molar-refractivity contribution in [2.24, 2.45) is 0 Å². The predicted molar refractivity (Wildman–Crippen MR) is 83.2 cm³/mol. The number of nitrogens with zero attached hydrogens (tertiary/aromatic N) is 3.